The summed E-state index contributed by atoms with van der Waals surface area (Å²) in [5.74, 6) is -1.27. The Kier molecular flexibility index (Phi) is 5.34. The monoisotopic (exact) mass is 302 g/mol. The van der Waals surface area contributed by atoms with Crippen LogP contribution in [0.15, 0.2) is 24.3 Å². The first-order valence-electron chi connectivity index (χ1n) is 6.34. The number of carbonyl (C=O) groups is 2. The zero-order valence-electron chi connectivity index (χ0n) is 12.0. The number of rotatable bonds is 4. The van der Waals surface area contributed by atoms with Gasteiger partial charge in [0.1, 0.15) is 0 Å². The van der Waals surface area contributed by atoms with Crippen molar-refractivity contribution in [3.05, 3.63) is 35.4 Å². The van der Waals surface area contributed by atoms with Gasteiger partial charge in [0.2, 0.25) is 5.91 Å². The van der Waals surface area contributed by atoms with Crippen LogP contribution in [-0.4, -0.2) is 36.3 Å². The number of nitrogens with one attached hydrogen (secondary N) is 1. The van der Waals surface area contributed by atoms with Crippen molar-refractivity contribution in [2.45, 2.75) is 26.1 Å². The molecular weight excluding hydrogens is 285 g/mol. The van der Waals surface area contributed by atoms with Gasteiger partial charge in [-0.3, -0.25) is 9.59 Å². The summed E-state index contributed by atoms with van der Waals surface area (Å²) in [7, 11) is 1.29. The lowest BCUT2D eigenvalue weighted by atomic mass is 10.1. The summed E-state index contributed by atoms with van der Waals surface area (Å²) in [5, 5.41) is 2.57. The molecule has 116 valence electrons. The minimum absolute atomic E-state index is 0.108. The molecule has 0 aliphatic carbocycles. The number of halogens is 3. The van der Waals surface area contributed by atoms with Crippen LogP contribution in [0.4, 0.5) is 13.2 Å². The van der Waals surface area contributed by atoms with Crippen LogP contribution in [0.25, 0.3) is 0 Å². The maximum atomic E-state index is 12.9. The highest BCUT2D eigenvalue weighted by atomic mass is 19.4. The summed E-state index contributed by atoms with van der Waals surface area (Å²) in [4.78, 5) is 24.6. The molecular formula is C14H17F3N2O2. The van der Waals surface area contributed by atoms with Crippen LogP contribution in [0.2, 0.25) is 0 Å². The third kappa shape index (κ3) is 4.77. The first-order chi connectivity index (χ1) is 9.62. The topological polar surface area (TPSA) is 49.4 Å². The molecule has 0 heterocycles. The molecule has 0 radical (unpaired) electrons. The molecule has 0 saturated heterocycles. The Labute approximate surface area is 120 Å². The molecule has 0 aromatic heterocycles. The van der Waals surface area contributed by atoms with Gasteiger partial charge < -0.3 is 10.2 Å². The fourth-order valence-electron chi connectivity index (χ4n) is 1.78. The molecule has 2 amide bonds. The second-order valence-corrected chi connectivity index (χ2v) is 4.93. The second kappa shape index (κ2) is 6.60. The summed E-state index contributed by atoms with van der Waals surface area (Å²) in [5.41, 5.74) is -1.48. The highest BCUT2D eigenvalue weighted by Crippen LogP contribution is 2.32. The summed E-state index contributed by atoms with van der Waals surface area (Å²) >= 11 is 0. The third-order valence-corrected chi connectivity index (χ3v) is 2.64. The van der Waals surface area contributed by atoms with Crippen LogP contribution in [0.5, 0.6) is 0 Å². The fraction of sp³-hybridized carbons (Fsp3) is 0.429. The Hall–Kier alpha value is -2.05. The van der Waals surface area contributed by atoms with E-state index in [0.717, 1.165) is 17.0 Å². The minimum Gasteiger partial charge on any atom is -0.352 e. The molecule has 0 atom stereocenters. The Morgan fingerprint density at radius 2 is 1.81 bits per heavy atom. The van der Waals surface area contributed by atoms with E-state index in [-0.39, 0.29) is 12.6 Å². The molecule has 7 heteroatoms. The lowest BCUT2D eigenvalue weighted by Gasteiger charge is -2.20. The number of hydrogen-bond donors (Lipinski definition) is 1. The molecule has 0 fully saturated rings. The molecule has 0 aliphatic rings. The molecule has 1 rings (SSSR count). The predicted molar refractivity (Wildman–Crippen MR) is 71.7 cm³/mol. The lowest BCUT2D eigenvalue weighted by molar-refractivity contribution is -0.138. The second-order valence-electron chi connectivity index (χ2n) is 4.93. The molecule has 0 bridgehead atoms. The highest BCUT2D eigenvalue weighted by molar-refractivity contribution is 5.97. The summed E-state index contributed by atoms with van der Waals surface area (Å²) < 4.78 is 38.6. The number of nitrogens with zero attached hydrogens (tertiary/aromatic N) is 1. The third-order valence-electron chi connectivity index (χ3n) is 2.64. The van der Waals surface area contributed by atoms with Gasteiger partial charge in [-0.25, -0.2) is 0 Å². The van der Waals surface area contributed by atoms with E-state index in [0.29, 0.717) is 0 Å². The maximum Gasteiger partial charge on any atom is 0.417 e. The zero-order chi connectivity index (χ0) is 16.2. The van der Waals surface area contributed by atoms with Crippen molar-refractivity contribution < 1.29 is 22.8 Å². The molecule has 0 saturated carbocycles. The van der Waals surface area contributed by atoms with Crippen molar-refractivity contribution in [3.8, 4) is 0 Å². The van der Waals surface area contributed by atoms with Gasteiger partial charge in [0, 0.05) is 13.1 Å². The van der Waals surface area contributed by atoms with Gasteiger partial charge >= 0.3 is 6.18 Å². The van der Waals surface area contributed by atoms with E-state index in [1.54, 1.807) is 13.8 Å². The first kappa shape index (κ1) is 17.0. The van der Waals surface area contributed by atoms with Crippen LogP contribution in [0.3, 0.4) is 0 Å². The Morgan fingerprint density at radius 3 is 2.33 bits per heavy atom. The van der Waals surface area contributed by atoms with Gasteiger partial charge in [0.25, 0.3) is 5.91 Å². The van der Waals surface area contributed by atoms with Crippen molar-refractivity contribution in [3.63, 3.8) is 0 Å². The molecule has 0 aliphatic heterocycles. The number of hydrogen-bond acceptors (Lipinski definition) is 2. The number of carbonyl (C=O) groups excluding carboxylic acids is 2. The molecule has 1 aromatic carbocycles. The average Bonchev–Trinajstić information content (AvgIpc) is 2.35. The molecule has 0 spiro atoms. The predicted octanol–water partition coefficient (Wildman–Crippen LogP) is 2.30. The van der Waals surface area contributed by atoms with Crippen molar-refractivity contribution in [1.82, 2.24) is 10.2 Å². The van der Waals surface area contributed by atoms with E-state index in [2.05, 4.69) is 5.32 Å². The smallest absolute Gasteiger partial charge is 0.352 e. The van der Waals surface area contributed by atoms with Gasteiger partial charge in [-0.2, -0.15) is 13.2 Å². The van der Waals surface area contributed by atoms with Gasteiger partial charge in [-0.05, 0) is 26.0 Å². The van der Waals surface area contributed by atoms with E-state index in [9.17, 15) is 22.8 Å². The van der Waals surface area contributed by atoms with Gasteiger partial charge in [-0.15, -0.1) is 0 Å². The number of likely N-dealkylation sites (N-methyl/N-ethyl adjacent to an activating group) is 1. The van der Waals surface area contributed by atoms with Crippen LogP contribution < -0.4 is 5.32 Å². The van der Waals surface area contributed by atoms with Crippen molar-refractivity contribution >= 4 is 11.8 Å². The first-order valence-corrected chi connectivity index (χ1v) is 6.34. The van der Waals surface area contributed by atoms with Crippen LogP contribution >= 0.6 is 0 Å². The van der Waals surface area contributed by atoms with Gasteiger partial charge in [0.05, 0.1) is 17.7 Å². The van der Waals surface area contributed by atoms with Gasteiger partial charge in [0.15, 0.2) is 0 Å². The highest BCUT2D eigenvalue weighted by Gasteiger charge is 2.35. The van der Waals surface area contributed by atoms with E-state index in [1.165, 1.54) is 19.2 Å². The zero-order valence-corrected chi connectivity index (χ0v) is 12.0. The summed E-state index contributed by atoms with van der Waals surface area (Å²) in [6, 6.07) is 4.40. The Morgan fingerprint density at radius 1 is 1.24 bits per heavy atom. The Bertz CT molecular complexity index is 527. The standard InChI is InChI=1S/C14H17F3N2O2/c1-9(2)18-12(20)8-19(3)13(21)10-6-4-5-7-11(10)14(15,16)17/h4-7,9H,8H2,1-3H3,(H,18,20). The van der Waals surface area contributed by atoms with Crippen molar-refractivity contribution in [2.24, 2.45) is 0 Å². The van der Waals surface area contributed by atoms with Crippen molar-refractivity contribution in [2.75, 3.05) is 13.6 Å². The normalized spacial score (nSPS) is 11.4. The van der Waals surface area contributed by atoms with E-state index in [4.69, 9.17) is 0 Å². The maximum absolute atomic E-state index is 12.9. The Balaban J connectivity index is 2.91. The summed E-state index contributed by atoms with van der Waals surface area (Å²) in [6.07, 6.45) is -4.62. The average molecular weight is 302 g/mol. The SMILES string of the molecule is CC(C)NC(=O)CN(C)C(=O)c1ccccc1C(F)(F)F. The number of amides is 2. The van der Waals surface area contributed by atoms with E-state index in [1.807, 2.05) is 0 Å². The summed E-state index contributed by atoms with van der Waals surface area (Å²) in [6.45, 7) is 3.19. The van der Waals surface area contributed by atoms with E-state index >= 15 is 0 Å². The quantitative estimate of drug-likeness (QED) is 0.928. The number of alkyl halides is 3. The van der Waals surface area contributed by atoms with Crippen LogP contribution in [0.1, 0.15) is 29.8 Å². The van der Waals surface area contributed by atoms with Gasteiger partial charge in [-0.1, -0.05) is 12.1 Å². The lowest BCUT2D eigenvalue weighted by Crippen LogP contribution is -2.41. The largest absolute Gasteiger partial charge is 0.417 e. The van der Waals surface area contributed by atoms with Crippen molar-refractivity contribution in [1.29, 1.82) is 0 Å². The fourth-order valence-corrected chi connectivity index (χ4v) is 1.78. The van der Waals surface area contributed by atoms with Crippen LogP contribution in [-0.2, 0) is 11.0 Å². The molecule has 21 heavy (non-hydrogen) atoms. The molecule has 1 aromatic rings. The molecule has 0 unspecified atom stereocenters. The number of benzene rings is 1. The van der Waals surface area contributed by atoms with Crippen LogP contribution in [0, 0.1) is 0 Å². The molecule has 1 N–H and O–H groups in total. The molecule has 4 nitrogen and oxygen atoms in total. The minimum atomic E-state index is -4.62. The van der Waals surface area contributed by atoms with E-state index < -0.39 is 29.1 Å².